The summed E-state index contributed by atoms with van der Waals surface area (Å²) in [6, 6.07) is 10.4. The minimum atomic E-state index is 0.0291. The topological polar surface area (TPSA) is 51.7 Å². The van der Waals surface area contributed by atoms with E-state index in [2.05, 4.69) is 52.1 Å². The Hall–Kier alpha value is -2.60. The highest BCUT2D eigenvalue weighted by molar-refractivity contribution is 5.92. The number of amides is 1. The molecule has 0 radical (unpaired) electrons. The van der Waals surface area contributed by atoms with Gasteiger partial charge in [-0.25, -0.2) is 4.98 Å². The molecule has 6 nitrogen and oxygen atoms in total. The molecule has 3 heterocycles. The van der Waals surface area contributed by atoms with Gasteiger partial charge in [-0.05, 0) is 37.6 Å². The number of aryl methyl sites for hydroxylation is 2. The zero-order valence-corrected chi connectivity index (χ0v) is 16.1. The Morgan fingerprint density at radius 1 is 1.00 bits per heavy atom. The lowest BCUT2D eigenvalue weighted by Gasteiger charge is -2.36. The van der Waals surface area contributed by atoms with Gasteiger partial charge in [0.2, 0.25) is 0 Å². The maximum Gasteiger partial charge on any atom is 0.272 e. The molecule has 0 spiro atoms. The molecule has 2 aromatic rings. The van der Waals surface area contributed by atoms with Gasteiger partial charge in [0, 0.05) is 45.0 Å². The number of carbonyl (C=O) groups excluding carboxylic acids is 1. The Morgan fingerprint density at radius 2 is 1.81 bits per heavy atom. The third kappa shape index (κ3) is 3.76. The first kappa shape index (κ1) is 17.8. The highest BCUT2D eigenvalue weighted by Gasteiger charge is 2.24. The van der Waals surface area contributed by atoms with Crippen LogP contribution in [0.4, 0.5) is 11.4 Å². The van der Waals surface area contributed by atoms with Crippen molar-refractivity contribution >= 4 is 17.3 Å². The van der Waals surface area contributed by atoms with Crippen molar-refractivity contribution in [2.45, 2.75) is 13.8 Å². The van der Waals surface area contributed by atoms with E-state index >= 15 is 0 Å². The van der Waals surface area contributed by atoms with Crippen molar-refractivity contribution in [1.29, 1.82) is 0 Å². The number of hydrogen-bond acceptors (Lipinski definition) is 5. The van der Waals surface area contributed by atoms with Crippen LogP contribution in [-0.4, -0.2) is 61.7 Å². The number of aromatic nitrogens is 1. The van der Waals surface area contributed by atoms with Gasteiger partial charge in [-0.1, -0.05) is 17.7 Å². The molecule has 1 amide bonds. The molecular formula is C21H27N5O. The van der Waals surface area contributed by atoms with E-state index in [-0.39, 0.29) is 5.91 Å². The van der Waals surface area contributed by atoms with Gasteiger partial charge < -0.3 is 14.7 Å². The fourth-order valence-corrected chi connectivity index (χ4v) is 3.90. The van der Waals surface area contributed by atoms with E-state index in [1.807, 2.05) is 23.2 Å². The average Bonchev–Trinajstić information content (AvgIpc) is 3.23. The fourth-order valence-electron chi connectivity index (χ4n) is 3.90. The average molecular weight is 365 g/mol. The van der Waals surface area contributed by atoms with Gasteiger partial charge >= 0.3 is 0 Å². The lowest BCUT2D eigenvalue weighted by molar-refractivity contribution is 0.0741. The van der Waals surface area contributed by atoms with E-state index in [0.717, 1.165) is 51.6 Å². The molecule has 2 saturated heterocycles. The number of anilines is 2. The van der Waals surface area contributed by atoms with Gasteiger partial charge in [0.1, 0.15) is 5.69 Å². The number of carbonyl (C=O) groups is 1. The van der Waals surface area contributed by atoms with Gasteiger partial charge in [-0.2, -0.15) is 0 Å². The molecule has 1 aromatic heterocycles. The molecule has 4 rings (SSSR count). The molecule has 2 aliphatic heterocycles. The van der Waals surface area contributed by atoms with E-state index in [1.165, 1.54) is 16.8 Å². The Labute approximate surface area is 160 Å². The molecule has 0 saturated carbocycles. The normalized spacial score (nSPS) is 17.5. The predicted octanol–water partition coefficient (Wildman–Crippen LogP) is 2.03. The van der Waals surface area contributed by atoms with Crippen molar-refractivity contribution in [3.05, 3.63) is 53.3 Å². The summed E-state index contributed by atoms with van der Waals surface area (Å²) in [6.45, 7) is 10.3. The first-order chi connectivity index (χ1) is 13.1. The number of rotatable bonds is 3. The summed E-state index contributed by atoms with van der Waals surface area (Å²) in [5.74, 6) is 0.0291. The second-order valence-corrected chi connectivity index (χ2v) is 7.39. The molecule has 0 aliphatic carbocycles. The van der Waals surface area contributed by atoms with Gasteiger partial charge in [-0.3, -0.25) is 10.1 Å². The summed E-state index contributed by atoms with van der Waals surface area (Å²) in [7, 11) is 0. The zero-order valence-electron chi connectivity index (χ0n) is 16.1. The predicted molar refractivity (Wildman–Crippen MR) is 108 cm³/mol. The van der Waals surface area contributed by atoms with Crippen LogP contribution in [0.25, 0.3) is 0 Å². The quantitative estimate of drug-likeness (QED) is 0.902. The van der Waals surface area contributed by atoms with Gasteiger partial charge in [0.25, 0.3) is 5.91 Å². The number of piperazine rings is 1. The van der Waals surface area contributed by atoms with Crippen molar-refractivity contribution in [1.82, 2.24) is 15.2 Å². The first-order valence-corrected chi connectivity index (χ1v) is 9.65. The van der Waals surface area contributed by atoms with Crippen molar-refractivity contribution in [3.8, 4) is 0 Å². The largest absolute Gasteiger partial charge is 0.368 e. The van der Waals surface area contributed by atoms with Gasteiger partial charge in [0.15, 0.2) is 0 Å². The van der Waals surface area contributed by atoms with Gasteiger partial charge in [-0.15, -0.1) is 0 Å². The number of nitrogens with one attached hydrogen (secondary N) is 1. The van der Waals surface area contributed by atoms with Crippen LogP contribution >= 0.6 is 0 Å². The minimum Gasteiger partial charge on any atom is -0.368 e. The molecule has 0 unspecified atom stereocenters. The summed E-state index contributed by atoms with van der Waals surface area (Å²) in [6.07, 6.45) is 1.81. The van der Waals surface area contributed by atoms with Crippen LogP contribution in [0.3, 0.4) is 0 Å². The minimum absolute atomic E-state index is 0.0291. The van der Waals surface area contributed by atoms with Crippen molar-refractivity contribution < 1.29 is 4.79 Å². The lowest BCUT2D eigenvalue weighted by Crippen LogP contribution is -2.49. The lowest BCUT2D eigenvalue weighted by atomic mass is 10.1. The molecular weight excluding hydrogens is 338 g/mol. The summed E-state index contributed by atoms with van der Waals surface area (Å²) >= 11 is 0. The first-order valence-electron chi connectivity index (χ1n) is 9.65. The van der Waals surface area contributed by atoms with Crippen LogP contribution in [-0.2, 0) is 0 Å². The van der Waals surface area contributed by atoms with Crippen LogP contribution in [0.2, 0.25) is 0 Å². The van der Waals surface area contributed by atoms with Crippen molar-refractivity contribution in [2.75, 3.05) is 55.7 Å². The summed E-state index contributed by atoms with van der Waals surface area (Å²) in [4.78, 5) is 23.7. The molecule has 1 aromatic carbocycles. The Morgan fingerprint density at radius 3 is 2.44 bits per heavy atom. The third-order valence-corrected chi connectivity index (χ3v) is 5.45. The van der Waals surface area contributed by atoms with Crippen LogP contribution < -0.4 is 15.1 Å². The number of benzene rings is 1. The molecule has 27 heavy (non-hydrogen) atoms. The Bertz CT molecular complexity index is 806. The smallest absolute Gasteiger partial charge is 0.272 e. The second kappa shape index (κ2) is 7.56. The van der Waals surface area contributed by atoms with Crippen LogP contribution in [0, 0.1) is 13.8 Å². The van der Waals surface area contributed by atoms with Crippen molar-refractivity contribution in [2.24, 2.45) is 0 Å². The van der Waals surface area contributed by atoms with E-state index in [4.69, 9.17) is 0 Å². The summed E-state index contributed by atoms with van der Waals surface area (Å²) < 4.78 is 0. The number of nitrogens with zero attached hydrogens (tertiary/aromatic N) is 4. The number of pyridine rings is 1. The zero-order chi connectivity index (χ0) is 18.8. The highest BCUT2D eigenvalue weighted by Crippen LogP contribution is 2.23. The maximum absolute atomic E-state index is 12.8. The Balaban J connectivity index is 1.38. The van der Waals surface area contributed by atoms with E-state index in [0.29, 0.717) is 5.69 Å². The monoisotopic (exact) mass is 365 g/mol. The summed E-state index contributed by atoms with van der Waals surface area (Å²) in [5.41, 5.74) is 5.45. The van der Waals surface area contributed by atoms with Gasteiger partial charge in [0.05, 0.1) is 18.6 Å². The standard InChI is InChI=1S/C21H27N5O/c1-16-3-6-20(17(2)13-16)24-9-11-25(12-10-24)21(27)19-5-4-18(14-23-19)26-8-7-22-15-26/h3-6,13-14,22H,7-12,15H2,1-2H3. The molecule has 2 aliphatic rings. The Kier molecular flexibility index (Phi) is 4.99. The van der Waals surface area contributed by atoms with Crippen LogP contribution in [0.5, 0.6) is 0 Å². The molecule has 1 N–H and O–H groups in total. The third-order valence-electron chi connectivity index (χ3n) is 5.45. The number of hydrogen-bond donors (Lipinski definition) is 1. The SMILES string of the molecule is Cc1ccc(N2CCN(C(=O)c3ccc(N4CCNC4)cn3)CC2)c(C)c1. The maximum atomic E-state index is 12.8. The molecule has 0 atom stereocenters. The summed E-state index contributed by atoms with van der Waals surface area (Å²) in [5, 5.41) is 3.30. The van der Waals surface area contributed by atoms with Crippen LogP contribution in [0.1, 0.15) is 21.6 Å². The molecule has 2 fully saturated rings. The fraction of sp³-hybridized carbons (Fsp3) is 0.429. The molecule has 142 valence electrons. The van der Waals surface area contributed by atoms with Crippen LogP contribution in [0.15, 0.2) is 36.5 Å². The van der Waals surface area contributed by atoms with Crippen molar-refractivity contribution in [3.63, 3.8) is 0 Å². The van der Waals surface area contributed by atoms with E-state index < -0.39 is 0 Å². The van der Waals surface area contributed by atoms with E-state index in [9.17, 15) is 4.79 Å². The van der Waals surface area contributed by atoms with E-state index in [1.54, 1.807) is 0 Å². The highest BCUT2D eigenvalue weighted by atomic mass is 16.2. The molecule has 6 heteroatoms. The second-order valence-electron chi connectivity index (χ2n) is 7.39. The molecule has 0 bridgehead atoms.